The molecule has 0 radical (unpaired) electrons. The molecule has 1 amide bonds. The minimum Gasteiger partial charge on any atom is -0.507 e. The summed E-state index contributed by atoms with van der Waals surface area (Å²) in [6.45, 7) is 7.26. The highest BCUT2D eigenvalue weighted by atomic mass is 16.5. The smallest absolute Gasteiger partial charge is 0.295 e. The predicted molar refractivity (Wildman–Crippen MR) is 135 cm³/mol. The van der Waals surface area contributed by atoms with E-state index in [0.717, 1.165) is 17.7 Å². The third-order valence-corrected chi connectivity index (χ3v) is 6.29. The molecule has 8 nitrogen and oxygen atoms in total. The van der Waals surface area contributed by atoms with Gasteiger partial charge in [-0.25, -0.2) is 0 Å². The summed E-state index contributed by atoms with van der Waals surface area (Å²) < 4.78 is 22.6. The van der Waals surface area contributed by atoms with Gasteiger partial charge in [0, 0.05) is 25.6 Å². The van der Waals surface area contributed by atoms with Gasteiger partial charge in [0.2, 0.25) is 0 Å². The average Bonchev–Trinajstić information content (AvgIpc) is 3.37. The fourth-order valence-electron chi connectivity index (χ4n) is 4.67. The molecule has 1 N–H and O–H groups in total. The van der Waals surface area contributed by atoms with E-state index in [-0.39, 0.29) is 30.6 Å². The number of amides is 1. The van der Waals surface area contributed by atoms with Gasteiger partial charge in [0.25, 0.3) is 11.7 Å². The molecular weight excluding hydrogens is 462 g/mol. The average molecular weight is 496 g/mol. The van der Waals surface area contributed by atoms with Crippen molar-refractivity contribution in [3.8, 4) is 17.2 Å². The van der Waals surface area contributed by atoms with E-state index in [4.69, 9.17) is 18.9 Å². The molecule has 2 aromatic rings. The lowest BCUT2D eigenvalue weighted by atomic mass is 9.94. The Hall–Kier alpha value is -3.52. The maximum Gasteiger partial charge on any atom is 0.295 e. The van der Waals surface area contributed by atoms with Gasteiger partial charge >= 0.3 is 0 Å². The summed E-state index contributed by atoms with van der Waals surface area (Å²) in [5, 5.41) is 11.4. The van der Waals surface area contributed by atoms with Gasteiger partial charge < -0.3 is 29.0 Å². The molecule has 0 aliphatic carbocycles. The number of fused-ring (bicyclic) bond motifs is 1. The van der Waals surface area contributed by atoms with Crippen LogP contribution in [0.5, 0.6) is 17.2 Å². The number of carbonyl (C=O) groups is 2. The largest absolute Gasteiger partial charge is 0.507 e. The summed E-state index contributed by atoms with van der Waals surface area (Å²) in [6.07, 6.45) is 1.59. The Morgan fingerprint density at radius 1 is 1.08 bits per heavy atom. The zero-order chi connectivity index (χ0) is 25.8. The van der Waals surface area contributed by atoms with E-state index in [9.17, 15) is 14.7 Å². The molecule has 1 saturated heterocycles. The second-order valence-corrected chi connectivity index (χ2v) is 8.93. The van der Waals surface area contributed by atoms with Crippen LogP contribution in [0.3, 0.4) is 0 Å². The molecule has 0 bridgehead atoms. The molecule has 0 saturated carbocycles. The molecule has 0 spiro atoms. The van der Waals surface area contributed by atoms with Crippen LogP contribution in [0.1, 0.15) is 49.9 Å². The van der Waals surface area contributed by atoms with E-state index in [1.807, 2.05) is 26.8 Å². The number of aliphatic hydroxyl groups excluding tert-OH is 1. The number of rotatable bonds is 10. The number of Topliss-reactive ketones (excluding diaryl/α,β-unsaturated/α-hetero) is 1. The maximum atomic E-state index is 13.3. The van der Waals surface area contributed by atoms with E-state index >= 15 is 0 Å². The van der Waals surface area contributed by atoms with Gasteiger partial charge in [-0.3, -0.25) is 9.59 Å². The summed E-state index contributed by atoms with van der Waals surface area (Å²) in [5.74, 6) is 0.238. The van der Waals surface area contributed by atoms with Gasteiger partial charge in [0.05, 0.1) is 31.4 Å². The molecule has 2 unspecified atom stereocenters. The molecule has 2 aromatic carbocycles. The first-order valence-corrected chi connectivity index (χ1v) is 12.4. The highest BCUT2D eigenvalue weighted by molar-refractivity contribution is 6.46. The highest BCUT2D eigenvalue weighted by Crippen LogP contribution is 2.42. The highest BCUT2D eigenvalue weighted by Gasteiger charge is 2.46. The maximum absolute atomic E-state index is 13.3. The van der Waals surface area contributed by atoms with Gasteiger partial charge in [0.15, 0.2) is 11.5 Å². The molecule has 8 heteroatoms. The van der Waals surface area contributed by atoms with Crippen LogP contribution in [0.25, 0.3) is 5.76 Å². The van der Waals surface area contributed by atoms with Crippen molar-refractivity contribution in [2.75, 3.05) is 33.5 Å². The molecule has 2 aliphatic rings. The fourth-order valence-corrected chi connectivity index (χ4v) is 4.67. The van der Waals surface area contributed by atoms with E-state index in [1.165, 1.54) is 12.0 Å². The summed E-state index contributed by atoms with van der Waals surface area (Å²) in [5.41, 5.74) is 2.09. The lowest BCUT2D eigenvalue weighted by Crippen LogP contribution is -2.32. The second kappa shape index (κ2) is 11.0. The lowest BCUT2D eigenvalue weighted by molar-refractivity contribution is -0.140. The molecule has 2 aliphatic heterocycles. The number of benzene rings is 2. The predicted octanol–water partition coefficient (Wildman–Crippen LogP) is 4.27. The number of ether oxygens (including phenoxy) is 4. The van der Waals surface area contributed by atoms with Gasteiger partial charge in [-0.1, -0.05) is 13.0 Å². The Bertz CT molecular complexity index is 1170. The number of nitrogens with zero attached hydrogens (tertiary/aromatic N) is 1. The molecule has 2 heterocycles. The zero-order valence-corrected chi connectivity index (χ0v) is 21.2. The summed E-state index contributed by atoms with van der Waals surface area (Å²) in [6, 6.07) is 9.87. The minimum absolute atomic E-state index is 0.0349. The second-order valence-electron chi connectivity index (χ2n) is 8.93. The van der Waals surface area contributed by atoms with Gasteiger partial charge in [-0.2, -0.15) is 0 Å². The first kappa shape index (κ1) is 25.6. The number of likely N-dealkylation sites (tertiary alicyclic amines) is 1. The summed E-state index contributed by atoms with van der Waals surface area (Å²) in [4.78, 5) is 27.8. The zero-order valence-electron chi connectivity index (χ0n) is 21.2. The Balaban J connectivity index is 1.82. The molecule has 4 rings (SSSR count). The van der Waals surface area contributed by atoms with Crippen molar-refractivity contribution in [2.45, 2.75) is 45.8 Å². The van der Waals surface area contributed by atoms with Crippen molar-refractivity contribution in [1.82, 2.24) is 4.90 Å². The first-order valence-electron chi connectivity index (χ1n) is 12.4. The molecule has 2 atom stereocenters. The van der Waals surface area contributed by atoms with Crippen LogP contribution in [0.15, 0.2) is 42.0 Å². The number of hydrogen-bond donors (Lipinski definition) is 1. The molecule has 0 aromatic heterocycles. The van der Waals surface area contributed by atoms with E-state index < -0.39 is 17.7 Å². The fraction of sp³-hybridized carbons (Fsp3) is 0.429. The van der Waals surface area contributed by atoms with Crippen molar-refractivity contribution in [3.63, 3.8) is 0 Å². The van der Waals surface area contributed by atoms with Crippen molar-refractivity contribution in [1.29, 1.82) is 0 Å². The first-order chi connectivity index (χ1) is 17.4. The van der Waals surface area contributed by atoms with Gasteiger partial charge in [0.1, 0.15) is 17.6 Å². The Kier molecular flexibility index (Phi) is 7.84. The van der Waals surface area contributed by atoms with Crippen molar-refractivity contribution >= 4 is 17.4 Å². The molecule has 192 valence electrons. The van der Waals surface area contributed by atoms with Crippen LogP contribution in [0.2, 0.25) is 0 Å². The quantitative estimate of drug-likeness (QED) is 0.299. The Morgan fingerprint density at radius 2 is 1.89 bits per heavy atom. The standard InChI is InChI=1S/C28H33NO7/c1-5-12-35-22-10-7-18(16-23(22)34-6-2)25-24(27(31)28(32)29(25)11-13-33-4)26(30)19-8-9-21-20(15-19)14-17(3)36-21/h7-10,15-17,25,30H,5-6,11-14H2,1-4H3/b26-24-. The number of methoxy groups -OCH3 is 1. The van der Waals surface area contributed by atoms with Crippen LogP contribution < -0.4 is 14.2 Å². The van der Waals surface area contributed by atoms with Gasteiger partial charge in [-0.05, 0) is 61.7 Å². The van der Waals surface area contributed by atoms with Crippen LogP contribution >= 0.6 is 0 Å². The Labute approximate surface area is 211 Å². The summed E-state index contributed by atoms with van der Waals surface area (Å²) >= 11 is 0. The van der Waals surface area contributed by atoms with E-state index in [0.29, 0.717) is 42.3 Å². The normalized spacial score (nSPS) is 20.4. The molecular formula is C28H33NO7. The van der Waals surface area contributed by atoms with Crippen LogP contribution in [0.4, 0.5) is 0 Å². The third kappa shape index (κ3) is 4.91. The monoisotopic (exact) mass is 495 g/mol. The number of ketones is 1. The van der Waals surface area contributed by atoms with Crippen LogP contribution in [-0.4, -0.2) is 61.3 Å². The SMILES string of the molecule is CCCOc1ccc(C2/C(=C(/O)c3ccc4c(c3)CC(C)O4)C(=O)C(=O)N2CCOC)cc1OCC. The number of hydrogen-bond acceptors (Lipinski definition) is 7. The Morgan fingerprint density at radius 3 is 2.61 bits per heavy atom. The van der Waals surface area contributed by atoms with Crippen molar-refractivity contribution < 1.29 is 33.6 Å². The topological polar surface area (TPSA) is 94.5 Å². The van der Waals surface area contributed by atoms with Crippen molar-refractivity contribution in [3.05, 3.63) is 58.7 Å². The summed E-state index contributed by atoms with van der Waals surface area (Å²) in [7, 11) is 1.53. The van der Waals surface area contributed by atoms with Crippen LogP contribution in [-0.2, 0) is 20.7 Å². The molecule has 36 heavy (non-hydrogen) atoms. The van der Waals surface area contributed by atoms with Crippen molar-refractivity contribution in [2.24, 2.45) is 0 Å². The van der Waals surface area contributed by atoms with Crippen LogP contribution in [0, 0.1) is 0 Å². The minimum atomic E-state index is -0.803. The van der Waals surface area contributed by atoms with E-state index in [2.05, 4.69) is 0 Å². The number of carbonyl (C=O) groups excluding carboxylic acids is 2. The third-order valence-electron chi connectivity index (χ3n) is 6.29. The molecule has 1 fully saturated rings. The number of aliphatic hydroxyl groups is 1. The lowest BCUT2D eigenvalue weighted by Gasteiger charge is -2.26. The van der Waals surface area contributed by atoms with Gasteiger partial charge in [-0.15, -0.1) is 0 Å². The van der Waals surface area contributed by atoms with E-state index in [1.54, 1.807) is 30.3 Å².